The maximum Gasteiger partial charge on any atom is 0.272 e. The van der Waals surface area contributed by atoms with Crippen LogP contribution in [0.5, 0.6) is 0 Å². The average Bonchev–Trinajstić information content (AvgIpc) is 3.13. The number of nitrogens with one attached hydrogen (secondary N) is 2. The molecule has 1 amide bonds. The maximum atomic E-state index is 12.7. The van der Waals surface area contributed by atoms with Gasteiger partial charge in [-0.2, -0.15) is 5.10 Å². The van der Waals surface area contributed by atoms with Crippen LogP contribution in [0.4, 0.5) is 0 Å². The Hall–Kier alpha value is -2.61. The number of aromatic nitrogens is 3. The van der Waals surface area contributed by atoms with Gasteiger partial charge in [0.05, 0.1) is 17.5 Å². The largest absolute Gasteiger partial charge is 0.361 e. The fourth-order valence-corrected chi connectivity index (χ4v) is 5.70. The van der Waals surface area contributed by atoms with Crippen molar-refractivity contribution in [3.8, 4) is 0 Å². The minimum absolute atomic E-state index is 0.116. The Morgan fingerprint density at radius 1 is 1.25 bits per heavy atom. The van der Waals surface area contributed by atoms with Crippen molar-refractivity contribution in [3.63, 3.8) is 0 Å². The molecule has 8 heteroatoms. The molecule has 1 aliphatic carbocycles. The van der Waals surface area contributed by atoms with Gasteiger partial charge in [0.25, 0.3) is 5.91 Å². The summed E-state index contributed by atoms with van der Waals surface area (Å²) < 4.78 is 25.5. The van der Waals surface area contributed by atoms with Crippen molar-refractivity contribution in [2.24, 2.45) is 0 Å². The van der Waals surface area contributed by atoms with Crippen molar-refractivity contribution in [1.29, 1.82) is 0 Å². The van der Waals surface area contributed by atoms with Crippen molar-refractivity contribution in [1.82, 2.24) is 20.1 Å². The molecule has 2 aromatic heterocycles. The molecule has 0 bridgehead atoms. The molecule has 0 spiro atoms. The van der Waals surface area contributed by atoms with Gasteiger partial charge in [-0.3, -0.25) is 9.48 Å². The summed E-state index contributed by atoms with van der Waals surface area (Å²) in [5, 5.41) is 8.55. The molecule has 7 nitrogen and oxygen atoms in total. The first-order chi connectivity index (χ1) is 13.5. The molecule has 28 heavy (non-hydrogen) atoms. The van der Waals surface area contributed by atoms with Gasteiger partial charge in [-0.1, -0.05) is 18.2 Å². The number of benzene rings is 1. The summed E-state index contributed by atoms with van der Waals surface area (Å²) in [6, 6.07) is 9.65. The predicted molar refractivity (Wildman–Crippen MR) is 106 cm³/mol. The van der Waals surface area contributed by atoms with Gasteiger partial charge in [-0.25, -0.2) is 8.42 Å². The van der Waals surface area contributed by atoms with E-state index in [1.54, 1.807) is 0 Å². The highest BCUT2D eigenvalue weighted by Crippen LogP contribution is 2.42. The molecule has 1 saturated heterocycles. The van der Waals surface area contributed by atoms with Crippen LogP contribution >= 0.6 is 0 Å². The lowest BCUT2D eigenvalue weighted by atomic mass is 10.2. The number of H-pyrrole nitrogens is 1. The van der Waals surface area contributed by atoms with Gasteiger partial charge in [-0.15, -0.1) is 0 Å². The number of carbonyl (C=O) groups is 1. The Bertz CT molecular complexity index is 1160. The summed E-state index contributed by atoms with van der Waals surface area (Å²) in [7, 11) is -3.00. The van der Waals surface area contributed by atoms with Gasteiger partial charge in [0.1, 0.15) is 5.69 Å². The lowest BCUT2D eigenvalue weighted by molar-refractivity contribution is 0.0945. The number of rotatable bonds is 5. The first kappa shape index (κ1) is 17.5. The predicted octanol–water partition coefficient (Wildman–Crippen LogP) is 2.53. The van der Waals surface area contributed by atoms with E-state index in [9.17, 15) is 13.2 Å². The van der Waals surface area contributed by atoms with E-state index in [0.717, 1.165) is 35.0 Å². The normalized spacial score (nSPS) is 21.2. The second kappa shape index (κ2) is 6.48. The van der Waals surface area contributed by atoms with Crippen molar-refractivity contribution in [3.05, 3.63) is 53.5 Å². The lowest BCUT2D eigenvalue weighted by Crippen LogP contribution is -2.23. The quantitative estimate of drug-likeness (QED) is 0.690. The fourth-order valence-electron chi connectivity index (χ4n) is 4.01. The minimum atomic E-state index is -3.00. The van der Waals surface area contributed by atoms with Crippen LogP contribution in [0.25, 0.3) is 10.9 Å². The van der Waals surface area contributed by atoms with E-state index in [2.05, 4.69) is 15.4 Å². The van der Waals surface area contributed by atoms with Crippen LogP contribution < -0.4 is 5.32 Å². The van der Waals surface area contributed by atoms with Gasteiger partial charge in [0.15, 0.2) is 9.84 Å². The third kappa shape index (κ3) is 3.22. The number of amides is 1. The molecule has 5 rings (SSSR count). The smallest absolute Gasteiger partial charge is 0.272 e. The molecule has 1 aromatic carbocycles. The standard InChI is InChI=1S/C20H22N4O3S/c25-20(22-11-14-10-21-17-4-2-1-3-16(14)17)18-9-19(13-5-6-13)24(23-18)15-7-8-28(26,27)12-15/h1-4,9-10,13,15,21H,5-8,11-12H2,(H,22,25). The van der Waals surface area contributed by atoms with E-state index >= 15 is 0 Å². The zero-order valence-electron chi connectivity index (χ0n) is 15.4. The average molecular weight is 398 g/mol. The van der Waals surface area contributed by atoms with E-state index < -0.39 is 9.84 Å². The molecule has 2 aliphatic rings. The second-order valence-corrected chi connectivity index (χ2v) is 10.0. The summed E-state index contributed by atoms with van der Waals surface area (Å²) in [6.07, 6.45) is 4.62. The summed E-state index contributed by atoms with van der Waals surface area (Å²) in [5.74, 6) is 0.479. The Morgan fingerprint density at radius 2 is 2.07 bits per heavy atom. The molecular formula is C20H22N4O3S. The molecule has 146 valence electrons. The van der Waals surface area contributed by atoms with Crippen LogP contribution in [0.15, 0.2) is 36.5 Å². The van der Waals surface area contributed by atoms with Crippen LogP contribution in [-0.2, 0) is 16.4 Å². The molecule has 1 aliphatic heterocycles. The molecule has 3 aromatic rings. The Labute approximate surface area is 163 Å². The first-order valence-electron chi connectivity index (χ1n) is 9.63. The third-order valence-electron chi connectivity index (χ3n) is 5.66. The lowest BCUT2D eigenvalue weighted by Gasteiger charge is -2.12. The van der Waals surface area contributed by atoms with Gasteiger partial charge in [0, 0.05) is 35.3 Å². The zero-order valence-corrected chi connectivity index (χ0v) is 16.2. The number of aromatic amines is 1. The van der Waals surface area contributed by atoms with Crippen molar-refractivity contribution < 1.29 is 13.2 Å². The monoisotopic (exact) mass is 398 g/mol. The molecule has 2 fully saturated rings. The molecule has 0 radical (unpaired) electrons. The summed E-state index contributed by atoms with van der Waals surface area (Å²) in [4.78, 5) is 15.9. The number of nitrogens with zero attached hydrogens (tertiary/aromatic N) is 2. The number of hydrogen-bond donors (Lipinski definition) is 2. The van der Waals surface area contributed by atoms with E-state index in [0.29, 0.717) is 24.6 Å². The van der Waals surface area contributed by atoms with Crippen molar-refractivity contribution in [2.45, 2.75) is 37.8 Å². The Kier molecular flexibility index (Phi) is 4.04. The molecule has 1 saturated carbocycles. The van der Waals surface area contributed by atoms with Crippen LogP contribution in [0.1, 0.15) is 53.0 Å². The fraction of sp³-hybridized carbons (Fsp3) is 0.400. The van der Waals surface area contributed by atoms with Crippen LogP contribution in [-0.4, -0.2) is 40.6 Å². The third-order valence-corrected chi connectivity index (χ3v) is 7.41. The van der Waals surface area contributed by atoms with Gasteiger partial charge in [0.2, 0.25) is 0 Å². The van der Waals surface area contributed by atoms with Crippen LogP contribution in [0.3, 0.4) is 0 Å². The number of para-hydroxylation sites is 1. The summed E-state index contributed by atoms with van der Waals surface area (Å²) in [5.41, 5.74) is 3.42. The highest BCUT2D eigenvalue weighted by Gasteiger charge is 2.36. The van der Waals surface area contributed by atoms with Crippen LogP contribution in [0, 0.1) is 0 Å². The number of fused-ring (bicyclic) bond motifs is 1. The van der Waals surface area contributed by atoms with Crippen molar-refractivity contribution >= 4 is 26.6 Å². The SMILES string of the molecule is O=C(NCc1c[nH]c2ccccc12)c1cc(C2CC2)n(C2CCS(=O)(=O)C2)n1. The number of sulfone groups is 1. The van der Waals surface area contributed by atoms with E-state index in [4.69, 9.17) is 0 Å². The van der Waals surface area contributed by atoms with Gasteiger partial charge >= 0.3 is 0 Å². The van der Waals surface area contributed by atoms with Gasteiger partial charge < -0.3 is 10.3 Å². The number of hydrogen-bond acceptors (Lipinski definition) is 4. The highest BCUT2D eigenvalue weighted by atomic mass is 32.2. The molecule has 3 heterocycles. The molecule has 1 atom stereocenters. The Balaban J connectivity index is 1.35. The Morgan fingerprint density at radius 3 is 2.82 bits per heavy atom. The molecular weight excluding hydrogens is 376 g/mol. The minimum Gasteiger partial charge on any atom is -0.361 e. The van der Waals surface area contributed by atoms with E-state index in [-0.39, 0.29) is 23.5 Å². The van der Waals surface area contributed by atoms with Gasteiger partial charge in [-0.05, 0) is 37.0 Å². The second-order valence-electron chi connectivity index (χ2n) is 7.77. The zero-order chi connectivity index (χ0) is 19.3. The van der Waals surface area contributed by atoms with E-state index in [1.165, 1.54) is 0 Å². The highest BCUT2D eigenvalue weighted by molar-refractivity contribution is 7.91. The topological polar surface area (TPSA) is 96.9 Å². The van der Waals surface area contributed by atoms with E-state index in [1.807, 2.05) is 41.2 Å². The first-order valence-corrected chi connectivity index (χ1v) is 11.5. The van der Waals surface area contributed by atoms with Crippen LogP contribution in [0.2, 0.25) is 0 Å². The molecule has 1 unspecified atom stereocenters. The summed E-state index contributed by atoms with van der Waals surface area (Å²) in [6.45, 7) is 0.409. The van der Waals surface area contributed by atoms with Crippen molar-refractivity contribution in [2.75, 3.05) is 11.5 Å². The molecule has 2 N–H and O–H groups in total. The maximum absolute atomic E-state index is 12.7. The number of carbonyl (C=O) groups excluding carboxylic acids is 1. The summed E-state index contributed by atoms with van der Waals surface area (Å²) >= 11 is 0.